The van der Waals surface area contributed by atoms with Crippen molar-refractivity contribution in [1.29, 1.82) is 0 Å². The zero-order chi connectivity index (χ0) is 21.5. The van der Waals surface area contributed by atoms with Gasteiger partial charge in [-0.15, -0.1) is 21.5 Å². The molecule has 1 N–H and O–H groups in total. The number of aryl methyl sites for hydroxylation is 2. The van der Waals surface area contributed by atoms with Crippen molar-refractivity contribution in [2.45, 2.75) is 69.0 Å². The summed E-state index contributed by atoms with van der Waals surface area (Å²) < 4.78 is 7.61. The highest BCUT2D eigenvalue weighted by molar-refractivity contribution is 7.98. The smallest absolute Gasteiger partial charge is 0.226 e. The van der Waals surface area contributed by atoms with Crippen LogP contribution in [0.25, 0.3) is 10.7 Å². The summed E-state index contributed by atoms with van der Waals surface area (Å²) in [6.45, 7) is 0.647. The molecule has 0 aliphatic heterocycles. The fourth-order valence-electron chi connectivity index (χ4n) is 3.97. The number of thiophene rings is 1. The summed E-state index contributed by atoms with van der Waals surface area (Å²) in [4.78, 5) is 17.5. The SMILES string of the molecule is CSc1nnc(CCCNC(=O)CCCc2nc(-c3cccs3)no2)n1C1CCCC1. The first-order chi connectivity index (χ1) is 15.2. The molecule has 0 aromatic carbocycles. The molecule has 0 spiro atoms. The highest BCUT2D eigenvalue weighted by atomic mass is 32.2. The molecule has 1 saturated carbocycles. The monoisotopic (exact) mass is 460 g/mol. The number of carbonyl (C=O) groups is 1. The predicted octanol–water partition coefficient (Wildman–Crippen LogP) is 4.30. The molecule has 3 heterocycles. The second-order valence-corrected chi connectivity index (χ2v) is 9.43. The molecule has 0 unspecified atom stereocenters. The summed E-state index contributed by atoms with van der Waals surface area (Å²) >= 11 is 3.24. The van der Waals surface area contributed by atoms with Gasteiger partial charge in [0.1, 0.15) is 5.82 Å². The minimum absolute atomic E-state index is 0.0556. The second-order valence-electron chi connectivity index (χ2n) is 7.71. The van der Waals surface area contributed by atoms with Gasteiger partial charge in [-0.05, 0) is 43.4 Å². The van der Waals surface area contributed by atoms with Gasteiger partial charge >= 0.3 is 0 Å². The van der Waals surface area contributed by atoms with Crippen LogP contribution in [0.5, 0.6) is 0 Å². The first-order valence-electron chi connectivity index (χ1n) is 10.9. The Balaban J connectivity index is 1.16. The predicted molar refractivity (Wildman–Crippen MR) is 121 cm³/mol. The molecule has 31 heavy (non-hydrogen) atoms. The van der Waals surface area contributed by atoms with Crippen molar-refractivity contribution in [3.05, 3.63) is 29.2 Å². The number of hydrogen-bond donors (Lipinski definition) is 1. The van der Waals surface area contributed by atoms with Crippen LogP contribution in [0.1, 0.15) is 62.7 Å². The lowest BCUT2D eigenvalue weighted by Gasteiger charge is -2.16. The summed E-state index contributed by atoms with van der Waals surface area (Å²) in [5.41, 5.74) is 0. The molecule has 4 rings (SSSR count). The van der Waals surface area contributed by atoms with E-state index in [2.05, 4.69) is 36.5 Å². The van der Waals surface area contributed by atoms with E-state index in [1.807, 2.05) is 17.5 Å². The molecule has 3 aromatic rings. The van der Waals surface area contributed by atoms with E-state index in [1.165, 1.54) is 25.7 Å². The quantitative estimate of drug-likeness (QED) is 0.336. The summed E-state index contributed by atoms with van der Waals surface area (Å²) in [5, 5.41) is 18.8. The van der Waals surface area contributed by atoms with Gasteiger partial charge < -0.3 is 14.4 Å². The van der Waals surface area contributed by atoms with Gasteiger partial charge in [0.25, 0.3) is 0 Å². The van der Waals surface area contributed by atoms with Crippen molar-refractivity contribution in [2.75, 3.05) is 12.8 Å². The second kappa shape index (κ2) is 10.9. The van der Waals surface area contributed by atoms with E-state index in [4.69, 9.17) is 4.52 Å². The van der Waals surface area contributed by atoms with Gasteiger partial charge in [0, 0.05) is 31.8 Å². The normalized spacial score (nSPS) is 14.4. The molecule has 10 heteroatoms. The Kier molecular flexibility index (Phi) is 7.74. The minimum Gasteiger partial charge on any atom is -0.356 e. The molecular weight excluding hydrogens is 432 g/mol. The third-order valence-electron chi connectivity index (χ3n) is 5.51. The average Bonchev–Trinajstić information content (AvgIpc) is 3.57. The molecule has 166 valence electrons. The zero-order valence-electron chi connectivity index (χ0n) is 17.7. The highest BCUT2D eigenvalue weighted by Crippen LogP contribution is 2.33. The molecule has 1 aliphatic carbocycles. The van der Waals surface area contributed by atoms with Gasteiger partial charge in [0.2, 0.25) is 17.6 Å². The molecule has 1 amide bonds. The molecule has 1 fully saturated rings. The first-order valence-corrected chi connectivity index (χ1v) is 13.0. The largest absolute Gasteiger partial charge is 0.356 e. The Bertz CT molecular complexity index is 963. The number of hydrogen-bond acceptors (Lipinski definition) is 8. The van der Waals surface area contributed by atoms with Crippen LogP contribution in [0.2, 0.25) is 0 Å². The minimum atomic E-state index is 0.0556. The zero-order valence-corrected chi connectivity index (χ0v) is 19.4. The van der Waals surface area contributed by atoms with Crippen LogP contribution in [0.4, 0.5) is 0 Å². The molecule has 0 atom stereocenters. The van der Waals surface area contributed by atoms with Crippen LogP contribution in [0.15, 0.2) is 27.2 Å². The maximum Gasteiger partial charge on any atom is 0.226 e. The van der Waals surface area contributed by atoms with Crippen LogP contribution in [-0.4, -0.2) is 43.6 Å². The van der Waals surface area contributed by atoms with E-state index < -0.39 is 0 Å². The lowest BCUT2D eigenvalue weighted by atomic mass is 10.2. The first kappa shape index (κ1) is 22.0. The Labute approximate surface area is 190 Å². The van der Waals surface area contributed by atoms with Crippen LogP contribution < -0.4 is 5.32 Å². The van der Waals surface area contributed by atoms with Gasteiger partial charge in [-0.25, -0.2) is 0 Å². The van der Waals surface area contributed by atoms with E-state index in [0.717, 1.165) is 28.7 Å². The van der Waals surface area contributed by atoms with Gasteiger partial charge in [-0.1, -0.05) is 35.8 Å². The van der Waals surface area contributed by atoms with Gasteiger partial charge in [-0.2, -0.15) is 4.98 Å². The van der Waals surface area contributed by atoms with E-state index in [-0.39, 0.29) is 5.91 Å². The lowest BCUT2D eigenvalue weighted by Crippen LogP contribution is -2.25. The molecule has 0 bridgehead atoms. The third kappa shape index (κ3) is 5.74. The van der Waals surface area contributed by atoms with E-state index in [1.54, 1.807) is 23.1 Å². The van der Waals surface area contributed by atoms with Crippen LogP contribution >= 0.6 is 23.1 Å². The van der Waals surface area contributed by atoms with Crippen molar-refractivity contribution in [3.63, 3.8) is 0 Å². The Morgan fingerprint density at radius 1 is 1.29 bits per heavy atom. The third-order valence-corrected chi connectivity index (χ3v) is 7.02. The Hall–Kier alpha value is -2.20. The Morgan fingerprint density at radius 2 is 2.16 bits per heavy atom. The van der Waals surface area contributed by atoms with Gasteiger partial charge in [0.15, 0.2) is 5.16 Å². The van der Waals surface area contributed by atoms with Crippen LogP contribution in [-0.2, 0) is 17.6 Å². The van der Waals surface area contributed by atoms with E-state index >= 15 is 0 Å². The van der Waals surface area contributed by atoms with Crippen molar-refractivity contribution in [1.82, 2.24) is 30.2 Å². The highest BCUT2D eigenvalue weighted by Gasteiger charge is 2.23. The fraction of sp³-hybridized carbons (Fsp3) is 0.571. The molecule has 0 radical (unpaired) electrons. The molecule has 0 saturated heterocycles. The number of nitrogens with one attached hydrogen (secondary N) is 1. The molecular formula is C21H28N6O2S2. The number of rotatable bonds is 11. The van der Waals surface area contributed by atoms with Gasteiger partial charge in [0.05, 0.1) is 4.88 Å². The average molecular weight is 461 g/mol. The van der Waals surface area contributed by atoms with Gasteiger partial charge in [-0.3, -0.25) is 4.79 Å². The number of carbonyl (C=O) groups excluding carboxylic acids is 1. The summed E-state index contributed by atoms with van der Waals surface area (Å²) in [6, 6.07) is 4.46. The fourth-order valence-corrected chi connectivity index (χ4v) is 5.19. The number of thioether (sulfide) groups is 1. The summed E-state index contributed by atoms with van der Waals surface area (Å²) in [5.74, 6) is 2.29. The molecule has 3 aromatic heterocycles. The van der Waals surface area contributed by atoms with Crippen molar-refractivity contribution < 1.29 is 9.32 Å². The maximum absolute atomic E-state index is 12.2. The van der Waals surface area contributed by atoms with E-state index in [0.29, 0.717) is 43.6 Å². The summed E-state index contributed by atoms with van der Waals surface area (Å²) in [7, 11) is 0. The summed E-state index contributed by atoms with van der Waals surface area (Å²) in [6.07, 6.45) is 10.5. The topological polar surface area (TPSA) is 98.7 Å². The lowest BCUT2D eigenvalue weighted by molar-refractivity contribution is -0.121. The standard InChI is InChI=1S/C21H28N6O2S2/c1-30-21-25-24-17(27(21)15-7-2-3-8-15)10-5-13-22-18(28)11-4-12-19-23-20(26-29-19)16-9-6-14-31-16/h6,9,14-15H,2-5,7-8,10-13H2,1H3,(H,22,28). The van der Waals surface area contributed by atoms with Crippen LogP contribution in [0.3, 0.4) is 0 Å². The van der Waals surface area contributed by atoms with Crippen molar-refractivity contribution >= 4 is 29.0 Å². The number of nitrogens with zero attached hydrogens (tertiary/aromatic N) is 5. The van der Waals surface area contributed by atoms with E-state index in [9.17, 15) is 4.79 Å². The number of aromatic nitrogens is 5. The Morgan fingerprint density at radius 3 is 2.94 bits per heavy atom. The van der Waals surface area contributed by atoms with Crippen molar-refractivity contribution in [3.8, 4) is 10.7 Å². The number of amides is 1. The molecule has 8 nitrogen and oxygen atoms in total. The maximum atomic E-state index is 12.2. The van der Waals surface area contributed by atoms with Crippen molar-refractivity contribution in [2.24, 2.45) is 0 Å². The van der Waals surface area contributed by atoms with Crippen LogP contribution in [0, 0.1) is 0 Å². The molecule has 1 aliphatic rings.